The minimum Gasteiger partial charge on any atom is -0.489 e. The molecule has 2 fully saturated rings. The number of nitrogens with zero attached hydrogens (tertiary/aromatic N) is 2. The van der Waals surface area contributed by atoms with Gasteiger partial charge in [-0.25, -0.2) is 4.79 Å². The van der Waals surface area contributed by atoms with Crippen LogP contribution in [-0.2, 0) is 11.3 Å². The highest BCUT2D eigenvalue weighted by atomic mass is 16.6. The first-order chi connectivity index (χ1) is 17.3. The van der Waals surface area contributed by atoms with Crippen molar-refractivity contribution in [2.75, 3.05) is 13.1 Å². The lowest BCUT2D eigenvalue weighted by atomic mass is 9.98. The summed E-state index contributed by atoms with van der Waals surface area (Å²) in [5.41, 5.74) is 2.13. The molecule has 3 atom stereocenters. The van der Waals surface area contributed by atoms with Crippen molar-refractivity contribution in [2.45, 2.75) is 51.9 Å². The number of hydrogen-bond donors (Lipinski definition) is 1. The quantitative estimate of drug-likeness (QED) is 0.536. The van der Waals surface area contributed by atoms with E-state index in [0.29, 0.717) is 30.4 Å². The van der Waals surface area contributed by atoms with Gasteiger partial charge < -0.3 is 19.7 Å². The number of rotatable bonds is 5. The highest BCUT2D eigenvalue weighted by molar-refractivity contribution is 5.94. The van der Waals surface area contributed by atoms with Gasteiger partial charge in [-0.2, -0.15) is 0 Å². The second-order valence-electron chi connectivity index (χ2n) is 10.8. The molecule has 2 aliphatic rings. The van der Waals surface area contributed by atoms with Gasteiger partial charge in [-0.1, -0.05) is 18.2 Å². The predicted octanol–water partition coefficient (Wildman–Crippen LogP) is 5.19. The molecular formula is C29H33N3O4. The molecule has 3 unspecified atom stereocenters. The summed E-state index contributed by atoms with van der Waals surface area (Å²) in [7, 11) is 0. The van der Waals surface area contributed by atoms with Crippen LogP contribution in [0.5, 0.6) is 5.75 Å². The third kappa shape index (κ3) is 5.30. The second kappa shape index (κ2) is 9.80. The van der Waals surface area contributed by atoms with E-state index in [4.69, 9.17) is 9.47 Å². The summed E-state index contributed by atoms with van der Waals surface area (Å²) in [4.78, 5) is 31.8. The van der Waals surface area contributed by atoms with Gasteiger partial charge in [0.1, 0.15) is 18.0 Å². The first-order valence-corrected chi connectivity index (χ1v) is 12.6. The van der Waals surface area contributed by atoms with Gasteiger partial charge in [0.15, 0.2) is 0 Å². The number of nitrogens with one attached hydrogen (secondary N) is 1. The summed E-state index contributed by atoms with van der Waals surface area (Å²) in [6, 6.07) is 17.4. The van der Waals surface area contributed by atoms with Crippen LogP contribution in [0.4, 0.5) is 4.79 Å². The minimum absolute atomic E-state index is 0.0205. The Labute approximate surface area is 211 Å². The van der Waals surface area contributed by atoms with E-state index in [9.17, 15) is 9.59 Å². The molecule has 188 valence electrons. The van der Waals surface area contributed by atoms with Gasteiger partial charge in [-0.05, 0) is 75.9 Å². The molecule has 2 amide bonds. The Balaban J connectivity index is 1.17. The summed E-state index contributed by atoms with van der Waals surface area (Å²) < 4.78 is 11.4. The Morgan fingerprint density at radius 1 is 1.03 bits per heavy atom. The average Bonchev–Trinajstić information content (AvgIpc) is 3.43. The molecule has 1 saturated carbocycles. The largest absolute Gasteiger partial charge is 0.489 e. The first-order valence-electron chi connectivity index (χ1n) is 12.6. The molecule has 1 saturated heterocycles. The van der Waals surface area contributed by atoms with Crippen LogP contribution < -0.4 is 10.1 Å². The van der Waals surface area contributed by atoms with E-state index in [0.717, 1.165) is 35.9 Å². The number of likely N-dealkylation sites (tertiary alicyclic amines) is 1. The van der Waals surface area contributed by atoms with Crippen molar-refractivity contribution in [1.29, 1.82) is 0 Å². The molecule has 0 spiro atoms. The SMILES string of the molecule is CC(C)(C)OC(=O)NC1CCC2CN(C(=O)c3ccc(OCc4ccnc5ccccc45)cc3)CC21. The maximum absolute atomic E-state index is 13.2. The van der Waals surface area contributed by atoms with Gasteiger partial charge in [-0.15, -0.1) is 0 Å². The van der Waals surface area contributed by atoms with Crippen molar-refractivity contribution in [3.63, 3.8) is 0 Å². The van der Waals surface area contributed by atoms with Crippen LogP contribution in [0, 0.1) is 11.8 Å². The summed E-state index contributed by atoms with van der Waals surface area (Å²) in [5, 5.41) is 4.11. The van der Waals surface area contributed by atoms with Gasteiger partial charge in [0.2, 0.25) is 0 Å². The normalized spacial score (nSPS) is 21.3. The summed E-state index contributed by atoms with van der Waals surface area (Å²) >= 11 is 0. The van der Waals surface area contributed by atoms with E-state index in [1.54, 1.807) is 6.20 Å². The van der Waals surface area contributed by atoms with E-state index >= 15 is 0 Å². The van der Waals surface area contributed by atoms with Gasteiger partial charge >= 0.3 is 6.09 Å². The average molecular weight is 488 g/mol. The van der Waals surface area contributed by atoms with Crippen molar-refractivity contribution in [3.8, 4) is 5.75 Å². The maximum atomic E-state index is 13.2. The number of ether oxygens (including phenoxy) is 2. The Bertz CT molecular complexity index is 1250. The molecule has 3 aromatic rings. The monoisotopic (exact) mass is 487 g/mol. The zero-order valence-electron chi connectivity index (χ0n) is 21.1. The van der Waals surface area contributed by atoms with Crippen LogP contribution in [-0.4, -0.2) is 46.6 Å². The minimum atomic E-state index is -0.526. The zero-order valence-corrected chi connectivity index (χ0v) is 21.1. The fourth-order valence-electron chi connectivity index (χ4n) is 5.39. The van der Waals surface area contributed by atoms with Gasteiger partial charge in [0.05, 0.1) is 5.52 Å². The standard InChI is InChI=1S/C29H33N3O4/c1-29(2,3)36-28(34)31-26-13-10-20-16-32(17-24(20)26)27(33)19-8-11-22(12-9-19)35-18-21-14-15-30-25-7-5-4-6-23(21)25/h4-9,11-12,14-15,20,24,26H,10,13,16-18H2,1-3H3,(H,31,34). The van der Waals surface area contributed by atoms with Gasteiger partial charge in [0.25, 0.3) is 5.91 Å². The van der Waals surface area contributed by atoms with E-state index in [1.165, 1.54) is 0 Å². The molecule has 1 aromatic heterocycles. The molecular weight excluding hydrogens is 454 g/mol. The fraction of sp³-hybridized carbons (Fsp3) is 0.414. The topological polar surface area (TPSA) is 80.8 Å². The van der Waals surface area contributed by atoms with Gasteiger partial charge in [-0.3, -0.25) is 9.78 Å². The Morgan fingerprint density at radius 3 is 2.58 bits per heavy atom. The van der Waals surface area contributed by atoms with Crippen molar-refractivity contribution in [2.24, 2.45) is 11.8 Å². The smallest absolute Gasteiger partial charge is 0.407 e. The molecule has 1 aliphatic carbocycles. The number of carbonyl (C=O) groups excluding carboxylic acids is 2. The molecule has 2 aromatic carbocycles. The number of alkyl carbamates (subject to hydrolysis) is 1. The van der Waals surface area contributed by atoms with E-state index < -0.39 is 5.60 Å². The highest BCUT2D eigenvalue weighted by Gasteiger charge is 2.45. The molecule has 5 rings (SSSR count). The lowest BCUT2D eigenvalue weighted by Gasteiger charge is -2.25. The van der Waals surface area contributed by atoms with Crippen LogP contribution in [0.2, 0.25) is 0 Å². The van der Waals surface area contributed by atoms with Crippen molar-refractivity contribution in [3.05, 3.63) is 71.9 Å². The maximum Gasteiger partial charge on any atom is 0.407 e. The Morgan fingerprint density at radius 2 is 1.81 bits per heavy atom. The van der Waals surface area contributed by atoms with Crippen LogP contribution >= 0.6 is 0 Å². The van der Waals surface area contributed by atoms with Gasteiger partial charge in [0, 0.05) is 47.8 Å². The summed E-state index contributed by atoms with van der Waals surface area (Å²) in [6.07, 6.45) is 3.34. The first kappa shape index (κ1) is 24.1. The molecule has 1 aliphatic heterocycles. The number of amides is 2. The number of fused-ring (bicyclic) bond motifs is 2. The number of carbonyl (C=O) groups is 2. The van der Waals surface area contributed by atoms with Crippen LogP contribution in [0.15, 0.2) is 60.8 Å². The van der Waals surface area contributed by atoms with Crippen molar-refractivity contribution < 1.29 is 19.1 Å². The Kier molecular flexibility index (Phi) is 6.56. The molecule has 7 heteroatoms. The number of aromatic nitrogens is 1. The van der Waals surface area contributed by atoms with Crippen molar-refractivity contribution >= 4 is 22.9 Å². The summed E-state index contributed by atoms with van der Waals surface area (Å²) in [5.74, 6) is 1.41. The highest BCUT2D eigenvalue weighted by Crippen LogP contribution is 2.39. The van der Waals surface area contributed by atoms with Crippen molar-refractivity contribution in [1.82, 2.24) is 15.2 Å². The number of pyridine rings is 1. The van der Waals surface area contributed by atoms with E-state index in [1.807, 2.05) is 80.3 Å². The lowest BCUT2D eigenvalue weighted by molar-refractivity contribution is 0.0491. The second-order valence-corrected chi connectivity index (χ2v) is 10.8. The third-order valence-electron chi connectivity index (χ3n) is 7.08. The fourth-order valence-corrected chi connectivity index (χ4v) is 5.39. The van der Waals surface area contributed by atoms with Crippen LogP contribution in [0.1, 0.15) is 49.5 Å². The summed E-state index contributed by atoms with van der Waals surface area (Å²) in [6.45, 7) is 7.38. The molecule has 1 N–H and O–H groups in total. The van der Waals surface area contributed by atoms with Crippen LogP contribution in [0.3, 0.4) is 0 Å². The predicted molar refractivity (Wildman–Crippen MR) is 138 cm³/mol. The molecule has 2 heterocycles. The lowest BCUT2D eigenvalue weighted by Crippen LogP contribution is -2.42. The Hall–Kier alpha value is -3.61. The van der Waals surface area contributed by atoms with Crippen LogP contribution in [0.25, 0.3) is 10.9 Å². The van der Waals surface area contributed by atoms with E-state index in [2.05, 4.69) is 10.3 Å². The van der Waals surface area contributed by atoms with E-state index in [-0.39, 0.29) is 24.0 Å². The number of hydrogen-bond acceptors (Lipinski definition) is 5. The molecule has 0 bridgehead atoms. The third-order valence-corrected chi connectivity index (χ3v) is 7.08. The number of benzene rings is 2. The molecule has 7 nitrogen and oxygen atoms in total. The number of para-hydroxylation sites is 1. The zero-order chi connectivity index (χ0) is 25.3. The molecule has 36 heavy (non-hydrogen) atoms. The molecule has 0 radical (unpaired) electrons.